The van der Waals surface area contributed by atoms with E-state index < -0.39 is 25.8 Å². The third-order valence-corrected chi connectivity index (χ3v) is 8.95. The summed E-state index contributed by atoms with van der Waals surface area (Å²) in [4.78, 5) is 26.1. The Kier molecular flexibility index (Phi) is 5.20. The zero-order valence-electron chi connectivity index (χ0n) is 15.1. The molecule has 24 heavy (non-hydrogen) atoms. The van der Waals surface area contributed by atoms with Crippen LogP contribution in [-0.2, 0) is 9.53 Å². The summed E-state index contributed by atoms with van der Waals surface area (Å²) in [5, 5.41) is 11.1. The number of hydrogen-bond donors (Lipinski definition) is 1. The van der Waals surface area contributed by atoms with E-state index in [0.29, 0.717) is 0 Å². The van der Waals surface area contributed by atoms with Gasteiger partial charge in [0, 0.05) is 6.42 Å². The lowest BCUT2D eigenvalue weighted by Crippen LogP contribution is -2.52. The van der Waals surface area contributed by atoms with Crippen LogP contribution in [0.15, 0.2) is 30.3 Å². The Morgan fingerprint density at radius 1 is 1.29 bits per heavy atom. The van der Waals surface area contributed by atoms with E-state index in [1.165, 1.54) is 5.19 Å². The molecule has 0 saturated carbocycles. The van der Waals surface area contributed by atoms with Crippen molar-refractivity contribution < 1.29 is 19.4 Å². The number of aliphatic hydroxyl groups excluding tert-OH is 1. The van der Waals surface area contributed by atoms with Crippen LogP contribution in [0.3, 0.4) is 0 Å². The number of carbonyl (C=O) groups excluding carboxylic acids is 2. The lowest BCUT2D eigenvalue weighted by Gasteiger charge is -2.35. The van der Waals surface area contributed by atoms with Gasteiger partial charge in [-0.15, -0.1) is 0 Å². The molecule has 2 amide bonds. The molecule has 1 heterocycles. The van der Waals surface area contributed by atoms with E-state index in [0.717, 1.165) is 4.90 Å². The summed E-state index contributed by atoms with van der Waals surface area (Å²) in [6.45, 7) is 9.42. The lowest BCUT2D eigenvalue weighted by molar-refractivity contribution is -0.128. The maximum absolute atomic E-state index is 12.5. The van der Waals surface area contributed by atoms with Gasteiger partial charge < -0.3 is 9.84 Å². The number of likely N-dealkylation sites (tertiary alicyclic amines) is 1. The van der Waals surface area contributed by atoms with Crippen LogP contribution < -0.4 is 5.19 Å². The van der Waals surface area contributed by atoms with Gasteiger partial charge in [-0.25, -0.2) is 9.69 Å². The normalized spacial score (nSPS) is 21.9. The molecule has 6 heteroatoms. The molecule has 1 N–H and O–H groups in total. The van der Waals surface area contributed by atoms with Gasteiger partial charge in [-0.05, 0) is 26.3 Å². The molecule has 0 aromatic heterocycles. The van der Waals surface area contributed by atoms with E-state index in [4.69, 9.17) is 4.74 Å². The number of amides is 2. The highest BCUT2D eigenvalue weighted by atomic mass is 28.3. The summed E-state index contributed by atoms with van der Waals surface area (Å²) in [7, 11) is -2.05. The molecule has 1 aliphatic rings. The van der Waals surface area contributed by atoms with Crippen LogP contribution in [-0.4, -0.2) is 48.3 Å². The van der Waals surface area contributed by atoms with E-state index in [2.05, 4.69) is 25.2 Å². The predicted octanol–water partition coefficient (Wildman–Crippen LogP) is 2.50. The Hall–Kier alpha value is -1.66. The summed E-state index contributed by atoms with van der Waals surface area (Å²) in [5.74, 6) is -0.259. The number of benzene rings is 1. The number of nitrogens with zero attached hydrogens (tertiary/aromatic N) is 1. The fraction of sp³-hybridized carbons (Fsp3) is 0.556. The van der Waals surface area contributed by atoms with Crippen molar-refractivity contribution in [3.63, 3.8) is 0 Å². The molecular weight excluding hydrogens is 322 g/mol. The minimum absolute atomic E-state index is 0.0371. The highest BCUT2D eigenvalue weighted by Gasteiger charge is 2.51. The molecule has 1 saturated heterocycles. The van der Waals surface area contributed by atoms with Crippen molar-refractivity contribution in [3.05, 3.63) is 30.3 Å². The molecule has 0 radical (unpaired) electrons. The van der Waals surface area contributed by atoms with Crippen molar-refractivity contribution in [3.8, 4) is 0 Å². The number of hydrogen-bond acceptors (Lipinski definition) is 4. The molecule has 0 spiro atoms. The smallest absolute Gasteiger partial charge is 0.417 e. The quantitative estimate of drug-likeness (QED) is 0.852. The summed E-state index contributed by atoms with van der Waals surface area (Å²) >= 11 is 0. The van der Waals surface area contributed by atoms with Gasteiger partial charge in [0.2, 0.25) is 5.91 Å². The van der Waals surface area contributed by atoms with Crippen molar-refractivity contribution in [2.45, 2.75) is 57.5 Å². The summed E-state index contributed by atoms with van der Waals surface area (Å²) < 4.78 is 5.36. The van der Waals surface area contributed by atoms with Crippen LogP contribution in [0.25, 0.3) is 0 Å². The van der Waals surface area contributed by atoms with Crippen molar-refractivity contribution in [2.24, 2.45) is 0 Å². The van der Waals surface area contributed by atoms with Gasteiger partial charge in [0.05, 0.1) is 20.7 Å². The lowest BCUT2D eigenvalue weighted by atomic mass is 10.2. The Balaban J connectivity index is 2.31. The molecule has 1 fully saturated rings. The standard InChI is InChI=1S/C18H27NO4Si/c1-18(2,3)23-17(22)19-14(12-20)15(11-16(19)21)24(4,5)13-9-7-6-8-10-13/h6-10,14-15,20H,11-12H2,1-5H3/t14-,15+/m1/s1. The molecule has 2 atom stereocenters. The van der Waals surface area contributed by atoms with E-state index >= 15 is 0 Å². The molecule has 0 bridgehead atoms. The predicted molar refractivity (Wildman–Crippen MR) is 95.9 cm³/mol. The van der Waals surface area contributed by atoms with Crippen LogP contribution in [0.2, 0.25) is 18.6 Å². The fourth-order valence-corrected chi connectivity index (χ4v) is 6.74. The van der Waals surface area contributed by atoms with Gasteiger partial charge in [-0.3, -0.25) is 4.79 Å². The third kappa shape index (κ3) is 3.70. The van der Waals surface area contributed by atoms with Gasteiger partial charge in [0.25, 0.3) is 0 Å². The summed E-state index contributed by atoms with van der Waals surface area (Å²) in [5.41, 5.74) is -0.716. The van der Waals surface area contributed by atoms with Crippen molar-refractivity contribution in [1.29, 1.82) is 0 Å². The Morgan fingerprint density at radius 2 is 1.88 bits per heavy atom. The molecule has 0 aliphatic carbocycles. The molecule has 1 aliphatic heterocycles. The molecule has 1 aromatic carbocycles. The first kappa shape index (κ1) is 18.7. The number of ether oxygens (including phenoxy) is 1. The van der Waals surface area contributed by atoms with Crippen LogP contribution in [0, 0.1) is 0 Å². The number of imide groups is 1. The highest BCUT2D eigenvalue weighted by Crippen LogP contribution is 2.39. The zero-order valence-corrected chi connectivity index (χ0v) is 16.1. The largest absolute Gasteiger partial charge is 0.443 e. The van der Waals surface area contributed by atoms with E-state index in [1.807, 2.05) is 18.2 Å². The van der Waals surface area contributed by atoms with Crippen LogP contribution in [0.1, 0.15) is 27.2 Å². The topological polar surface area (TPSA) is 66.8 Å². The highest BCUT2D eigenvalue weighted by molar-refractivity contribution is 6.91. The average molecular weight is 350 g/mol. The number of aliphatic hydroxyl groups is 1. The van der Waals surface area contributed by atoms with Crippen LogP contribution >= 0.6 is 0 Å². The second-order valence-corrected chi connectivity index (χ2v) is 12.7. The monoisotopic (exact) mass is 349 g/mol. The molecule has 132 valence electrons. The molecule has 5 nitrogen and oxygen atoms in total. The maximum Gasteiger partial charge on any atom is 0.417 e. The third-order valence-electron chi connectivity index (χ3n) is 4.68. The van der Waals surface area contributed by atoms with Crippen molar-refractivity contribution in [2.75, 3.05) is 6.61 Å². The second-order valence-electron chi connectivity index (χ2n) is 7.89. The number of rotatable bonds is 3. The van der Waals surface area contributed by atoms with Gasteiger partial charge in [-0.2, -0.15) is 0 Å². The maximum atomic E-state index is 12.5. The molecule has 2 rings (SSSR count). The van der Waals surface area contributed by atoms with Gasteiger partial charge in [-0.1, -0.05) is 48.6 Å². The summed E-state index contributed by atoms with van der Waals surface area (Å²) in [6.07, 6.45) is -0.384. The van der Waals surface area contributed by atoms with Gasteiger partial charge in [0.15, 0.2) is 0 Å². The van der Waals surface area contributed by atoms with E-state index in [9.17, 15) is 14.7 Å². The van der Waals surface area contributed by atoms with Gasteiger partial charge in [0.1, 0.15) is 5.60 Å². The first-order chi connectivity index (χ1) is 11.1. The molecular formula is C18H27NO4Si. The first-order valence-electron chi connectivity index (χ1n) is 8.29. The second kappa shape index (κ2) is 6.68. The minimum atomic E-state index is -2.05. The van der Waals surface area contributed by atoms with Crippen molar-refractivity contribution in [1.82, 2.24) is 4.90 Å². The van der Waals surface area contributed by atoms with Crippen LogP contribution in [0.4, 0.5) is 4.79 Å². The van der Waals surface area contributed by atoms with Crippen LogP contribution in [0.5, 0.6) is 0 Å². The summed E-state index contributed by atoms with van der Waals surface area (Å²) in [6, 6.07) is 9.56. The first-order valence-corrected chi connectivity index (χ1v) is 11.4. The molecule has 0 unspecified atom stereocenters. The van der Waals surface area contributed by atoms with Crippen molar-refractivity contribution >= 4 is 25.3 Å². The zero-order chi connectivity index (χ0) is 18.1. The Labute approximate surface area is 144 Å². The molecule has 1 aromatic rings. The minimum Gasteiger partial charge on any atom is -0.443 e. The Morgan fingerprint density at radius 3 is 2.38 bits per heavy atom. The SMILES string of the molecule is CC(C)(C)OC(=O)N1C(=O)C[C@H]([Si](C)(C)c2ccccc2)[C@H]1CO. The Bertz CT molecular complexity index is 609. The van der Waals surface area contributed by atoms with Gasteiger partial charge >= 0.3 is 6.09 Å². The van der Waals surface area contributed by atoms with E-state index in [-0.39, 0.29) is 24.5 Å². The number of carbonyl (C=O) groups is 2. The fourth-order valence-electron chi connectivity index (χ4n) is 3.36. The van der Waals surface area contributed by atoms with E-state index in [1.54, 1.807) is 20.8 Å². The average Bonchev–Trinajstić information content (AvgIpc) is 2.84.